The monoisotopic (exact) mass is 284 g/mol. The second kappa shape index (κ2) is 5.65. The maximum absolute atomic E-state index is 10.2. The summed E-state index contributed by atoms with van der Waals surface area (Å²) in [6.45, 7) is 1.80. The van der Waals surface area contributed by atoms with E-state index >= 15 is 0 Å². The van der Waals surface area contributed by atoms with Gasteiger partial charge in [-0.25, -0.2) is 0 Å². The third-order valence-electron chi connectivity index (χ3n) is 3.58. The van der Waals surface area contributed by atoms with E-state index in [1.54, 1.807) is 17.4 Å². The number of benzene rings is 2. The highest BCUT2D eigenvalue weighted by Gasteiger charge is 2.12. The van der Waals surface area contributed by atoms with E-state index in [9.17, 15) is 5.11 Å². The number of aromatic hydroxyl groups is 1. The molecule has 3 rings (SSSR count). The number of phenolic OH excluding ortho intramolecular Hbond substituents is 1. The van der Waals surface area contributed by atoms with Gasteiger partial charge in [0.2, 0.25) is 0 Å². The molecule has 2 N–H and O–H groups in total. The van der Waals surface area contributed by atoms with Crippen molar-refractivity contribution in [3.8, 4) is 5.75 Å². The fourth-order valence-electron chi connectivity index (χ4n) is 2.62. The van der Waals surface area contributed by atoms with E-state index in [1.165, 1.54) is 15.8 Å². The average molecular weight is 284 g/mol. The van der Waals surface area contributed by atoms with Gasteiger partial charge < -0.3 is 10.0 Å². The lowest BCUT2D eigenvalue weighted by atomic mass is 10.0. The van der Waals surface area contributed by atoms with Gasteiger partial charge in [-0.1, -0.05) is 30.3 Å². The Morgan fingerprint density at radius 2 is 1.90 bits per heavy atom. The van der Waals surface area contributed by atoms with E-state index < -0.39 is 0 Å². The maximum atomic E-state index is 10.2. The van der Waals surface area contributed by atoms with Gasteiger partial charge in [0.05, 0.1) is 12.6 Å². The van der Waals surface area contributed by atoms with Gasteiger partial charge in [0.15, 0.2) is 0 Å². The van der Waals surface area contributed by atoms with Crippen molar-refractivity contribution in [2.45, 2.75) is 13.1 Å². The molecule has 2 aromatic carbocycles. The highest BCUT2D eigenvalue weighted by Crippen LogP contribution is 2.26. The third-order valence-corrected chi connectivity index (χ3v) is 4.31. The summed E-state index contributed by atoms with van der Waals surface area (Å²) < 4.78 is 0. The van der Waals surface area contributed by atoms with Gasteiger partial charge in [0, 0.05) is 5.56 Å². The summed E-state index contributed by atoms with van der Waals surface area (Å²) in [7, 11) is 2.17. The van der Waals surface area contributed by atoms with Crippen LogP contribution in [0.4, 0.5) is 0 Å². The molecule has 0 aliphatic rings. The van der Waals surface area contributed by atoms with Gasteiger partial charge in [0.25, 0.3) is 0 Å². The molecule has 1 unspecified atom stereocenters. The highest BCUT2D eigenvalue weighted by molar-refractivity contribution is 7.07. The van der Waals surface area contributed by atoms with E-state index in [0.29, 0.717) is 5.75 Å². The topological polar surface area (TPSA) is 24.7 Å². The van der Waals surface area contributed by atoms with Crippen molar-refractivity contribution in [3.05, 3.63) is 64.4 Å². The Kier molecular flexibility index (Phi) is 3.72. The van der Waals surface area contributed by atoms with Crippen molar-refractivity contribution in [1.29, 1.82) is 0 Å². The molecule has 1 heterocycles. The van der Waals surface area contributed by atoms with Gasteiger partial charge in [0.1, 0.15) is 18.8 Å². The first-order valence-corrected chi connectivity index (χ1v) is 7.70. The Bertz CT molecular complexity index is 706. The number of hydrogen-bond acceptors (Lipinski definition) is 2. The quantitative estimate of drug-likeness (QED) is 0.756. The second-order valence-corrected chi connectivity index (χ2v) is 6.01. The summed E-state index contributed by atoms with van der Waals surface area (Å²) in [4.78, 5) is 1.37. The molecule has 0 amide bonds. The van der Waals surface area contributed by atoms with Crippen LogP contribution in [0.3, 0.4) is 0 Å². The zero-order valence-electron chi connectivity index (χ0n) is 11.5. The molecule has 20 heavy (non-hydrogen) atoms. The maximum Gasteiger partial charge on any atom is 0.125 e. The predicted molar refractivity (Wildman–Crippen MR) is 84.2 cm³/mol. The summed E-state index contributed by atoms with van der Waals surface area (Å²) in [6, 6.07) is 14.2. The molecule has 0 saturated carbocycles. The zero-order chi connectivity index (χ0) is 13.9. The minimum atomic E-state index is 0.397. The molecule has 0 saturated heterocycles. The Balaban J connectivity index is 1.88. The lowest BCUT2D eigenvalue weighted by Gasteiger charge is -2.16. The van der Waals surface area contributed by atoms with Crippen LogP contribution >= 0.6 is 11.3 Å². The largest absolute Gasteiger partial charge is 0.507 e. The predicted octanol–water partition coefficient (Wildman–Crippen LogP) is 2.82. The number of quaternary nitrogens is 1. The van der Waals surface area contributed by atoms with Crippen LogP contribution in [0.15, 0.2) is 53.2 Å². The standard InChI is InChI=1S/C17H17NOS/c1-18(10-13-8-9-20-12-13)11-16-15-5-3-2-4-14(15)6-7-17(16)19/h2-9,12,19H,10-11H2,1H3/p+1. The summed E-state index contributed by atoms with van der Waals surface area (Å²) in [5.74, 6) is 0.397. The first-order chi connectivity index (χ1) is 9.74. The van der Waals surface area contributed by atoms with Crippen LogP contribution in [0, 0.1) is 0 Å². The number of nitrogens with one attached hydrogen (secondary N) is 1. The summed E-state index contributed by atoms with van der Waals surface area (Å²) >= 11 is 1.73. The van der Waals surface area contributed by atoms with Crippen LogP contribution in [-0.4, -0.2) is 12.2 Å². The van der Waals surface area contributed by atoms with E-state index in [-0.39, 0.29) is 0 Å². The Morgan fingerprint density at radius 3 is 2.70 bits per heavy atom. The summed E-state index contributed by atoms with van der Waals surface area (Å²) in [6.07, 6.45) is 0. The van der Waals surface area contributed by atoms with Gasteiger partial charge in [-0.05, 0) is 33.7 Å². The first kappa shape index (κ1) is 13.2. The minimum Gasteiger partial charge on any atom is -0.507 e. The Morgan fingerprint density at radius 1 is 1.05 bits per heavy atom. The number of fused-ring (bicyclic) bond motifs is 1. The molecule has 1 aromatic heterocycles. The lowest BCUT2D eigenvalue weighted by Crippen LogP contribution is -3.06. The van der Waals surface area contributed by atoms with E-state index in [0.717, 1.165) is 24.0 Å². The molecular weight excluding hydrogens is 266 g/mol. The molecule has 2 nitrogen and oxygen atoms in total. The van der Waals surface area contributed by atoms with Crippen LogP contribution in [0.2, 0.25) is 0 Å². The van der Waals surface area contributed by atoms with Crippen molar-refractivity contribution in [2.24, 2.45) is 0 Å². The van der Waals surface area contributed by atoms with E-state index in [2.05, 4.69) is 36.0 Å². The molecular formula is C17H18NOS+. The van der Waals surface area contributed by atoms with Crippen molar-refractivity contribution < 1.29 is 10.0 Å². The molecule has 0 spiro atoms. The zero-order valence-corrected chi connectivity index (χ0v) is 12.3. The van der Waals surface area contributed by atoms with E-state index in [4.69, 9.17) is 0 Å². The first-order valence-electron chi connectivity index (χ1n) is 6.76. The molecule has 0 fully saturated rings. The normalized spacial score (nSPS) is 12.7. The minimum absolute atomic E-state index is 0.397. The Labute approximate surface area is 122 Å². The smallest absolute Gasteiger partial charge is 0.125 e. The van der Waals surface area contributed by atoms with Crippen LogP contribution in [-0.2, 0) is 13.1 Å². The average Bonchev–Trinajstić information content (AvgIpc) is 2.95. The number of rotatable bonds is 4. The second-order valence-electron chi connectivity index (χ2n) is 5.23. The third kappa shape index (κ3) is 2.69. The van der Waals surface area contributed by atoms with Crippen LogP contribution < -0.4 is 4.90 Å². The molecule has 3 heteroatoms. The molecule has 102 valence electrons. The number of thiophene rings is 1. The van der Waals surface area contributed by atoms with Crippen molar-refractivity contribution in [2.75, 3.05) is 7.05 Å². The highest BCUT2D eigenvalue weighted by atomic mass is 32.1. The Hall–Kier alpha value is -1.84. The molecule has 3 aromatic rings. The number of phenols is 1. The van der Waals surface area contributed by atoms with Gasteiger partial charge >= 0.3 is 0 Å². The van der Waals surface area contributed by atoms with Crippen molar-refractivity contribution in [3.63, 3.8) is 0 Å². The molecule has 0 aliphatic heterocycles. The molecule has 0 radical (unpaired) electrons. The van der Waals surface area contributed by atoms with Crippen molar-refractivity contribution in [1.82, 2.24) is 0 Å². The van der Waals surface area contributed by atoms with E-state index in [1.807, 2.05) is 18.2 Å². The fourth-order valence-corrected chi connectivity index (χ4v) is 3.28. The SMILES string of the molecule is C[NH+](Cc1ccsc1)Cc1c(O)ccc2ccccc12. The van der Waals surface area contributed by atoms with Crippen molar-refractivity contribution >= 4 is 22.1 Å². The van der Waals surface area contributed by atoms with Gasteiger partial charge in [-0.15, -0.1) is 0 Å². The lowest BCUT2D eigenvalue weighted by molar-refractivity contribution is -0.907. The van der Waals surface area contributed by atoms with Gasteiger partial charge in [-0.2, -0.15) is 11.3 Å². The van der Waals surface area contributed by atoms with Crippen LogP contribution in [0.25, 0.3) is 10.8 Å². The molecule has 0 aliphatic carbocycles. The van der Waals surface area contributed by atoms with Crippen LogP contribution in [0.1, 0.15) is 11.1 Å². The summed E-state index contributed by atoms with van der Waals surface area (Å²) in [5.41, 5.74) is 2.39. The van der Waals surface area contributed by atoms with Gasteiger partial charge in [-0.3, -0.25) is 0 Å². The summed E-state index contributed by atoms with van der Waals surface area (Å²) in [5, 5.41) is 16.8. The molecule has 0 bridgehead atoms. The number of hydrogen-bond donors (Lipinski definition) is 2. The van der Waals surface area contributed by atoms with Crippen LogP contribution in [0.5, 0.6) is 5.75 Å². The molecule has 1 atom stereocenters. The fraction of sp³-hybridized carbons (Fsp3) is 0.176.